The highest BCUT2D eigenvalue weighted by Gasteiger charge is 2.43. The van der Waals surface area contributed by atoms with Crippen molar-refractivity contribution >= 4 is 11.9 Å². The molecular formula is C31H45N5O2. The Bertz CT molecular complexity index is 992. The lowest BCUT2D eigenvalue weighted by atomic mass is 9.83. The zero-order valence-electron chi connectivity index (χ0n) is 23.0. The molecule has 3 fully saturated rings. The van der Waals surface area contributed by atoms with Crippen LogP contribution in [0.25, 0.3) is 0 Å². The van der Waals surface area contributed by atoms with Crippen LogP contribution in [-0.4, -0.2) is 82.2 Å². The van der Waals surface area contributed by atoms with Crippen molar-refractivity contribution < 1.29 is 9.90 Å². The number of hydrogen-bond donors (Lipinski definition) is 1. The number of carbonyl (C=O) groups is 1. The number of benzene rings is 1. The number of aromatic nitrogens is 2. The molecule has 7 heteroatoms. The van der Waals surface area contributed by atoms with Gasteiger partial charge in [-0.15, -0.1) is 0 Å². The number of piperidine rings is 1. The minimum Gasteiger partial charge on any atom is -0.480 e. The van der Waals surface area contributed by atoms with E-state index in [0.717, 1.165) is 77.3 Å². The molecule has 3 atom stereocenters. The molecule has 1 N–H and O–H groups in total. The van der Waals surface area contributed by atoms with Crippen LogP contribution in [0, 0.1) is 11.8 Å². The summed E-state index contributed by atoms with van der Waals surface area (Å²) in [5.41, 5.74) is 1.36. The second kappa shape index (κ2) is 13.0. The smallest absolute Gasteiger partial charge is 0.321 e. The topological polar surface area (TPSA) is 72.8 Å². The van der Waals surface area contributed by atoms with Crippen molar-refractivity contribution in [2.45, 2.75) is 76.3 Å². The number of carboxylic acids is 1. The summed E-state index contributed by atoms with van der Waals surface area (Å²) < 4.78 is 0. The SMILES string of the molecule is CCCN(c1ncccn1)C1CCN(C[C@H]2CN([C@@H](C(=O)O)C3CCCCC3)C[C@@H]2c2ccccc2)CC1. The quantitative estimate of drug-likeness (QED) is 0.478. The summed E-state index contributed by atoms with van der Waals surface area (Å²) in [6.45, 7) is 8.12. The van der Waals surface area contributed by atoms with Crippen LogP contribution in [0.3, 0.4) is 0 Å². The summed E-state index contributed by atoms with van der Waals surface area (Å²) in [7, 11) is 0. The van der Waals surface area contributed by atoms with E-state index in [1.165, 1.54) is 24.8 Å². The number of likely N-dealkylation sites (tertiary alicyclic amines) is 2. The van der Waals surface area contributed by atoms with Crippen LogP contribution in [-0.2, 0) is 4.79 Å². The van der Waals surface area contributed by atoms with E-state index in [2.05, 4.69) is 61.9 Å². The number of nitrogens with zero attached hydrogens (tertiary/aromatic N) is 5. The highest BCUT2D eigenvalue weighted by Crippen LogP contribution is 2.38. The number of anilines is 1. The van der Waals surface area contributed by atoms with Gasteiger partial charge in [0, 0.05) is 63.6 Å². The Hall–Kier alpha value is -2.51. The van der Waals surface area contributed by atoms with Crippen LogP contribution in [0.1, 0.15) is 69.8 Å². The lowest BCUT2D eigenvalue weighted by Gasteiger charge is -2.39. The van der Waals surface area contributed by atoms with Gasteiger partial charge in [-0.1, -0.05) is 56.5 Å². The fourth-order valence-corrected chi connectivity index (χ4v) is 7.37. The van der Waals surface area contributed by atoms with Gasteiger partial charge in [0.05, 0.1) is 0 Å². The zero-order chi connectivity index (χ0) is 26.3. The first kappa shape index (κ1) is 27.1. The molecule has 0 unspecified atom stereocenters. The second-order valence-corrected chi connectivity index (χ2v) is 11.7. The predicted octanol–water partition coefficient (Wildman–Crippen LogP) is 4.91. The van der Waals surface area contributed by atoms with Gasteiger partial charge in [-0.25, -0.2) is 9.97 Å². The molecule has 7 nitrogen and oxygen atoms in total. The Morgan fingerprint density at radius 2 is 1.71 bits per heavy atom. The molecule has 3 heterocycles. The average molecular weight is 520 g/mol. The van der Waals surface area contributed by atoms with Gasteiger partial charge in [0.2, 0.25) is 5.95 Å². The first-order chi connectivity index (χ1) is 18.6. The van der Waals surface area contributed by atoms with E-state index in [1.807, 2.05) is 18.5 Å². The van der Waals surface area contributed by atoms with Gasteiger partial charge in [0.1, 0.15) is 6.04 Å². The highest BCUT2D eigenvalue weighted by atomic mass is 16.4. The monoisotopic (exact) mass is 519 g/mol. The molecule has 0 amide bonds. The Morgan fingerprint density at radius 1 is 1.00 bits per heavy atom. The number of aliphatic carboxylic acids is 1. The third-order valence-electron chi connectivity index (χ3n) is 9.20. The maximum atomic E-state index is 12.5. The normalized spacial score (nSPS) is 24.9. The summed E-state index contributed by atoms with van der Waals surface area (Å²) in [4.78, 5) is 29.0. The standard InChI is InChI=1S/C31H45N5O2/c1-2-18-36(31-32-16-9-17-33-31)27-14-19-34(20-15-27)21-26-22-35(23-28(26)24-10-5-3-6-11-24)29(30(37)38)25-12-7-4-8-13-25/h3,5-6,9-11,16-17,25-29H,2,4,7-8,12-15,18-23H2,1H3,(H,37,38)/t26-,28+,29+/m0/s1. The third-order valence-corrected chi connectivity index (χ3v) is 9.20. The summed E-state index contributed by atoms with van der Waals surface area (Å²) in [5, 5.41) is 10.3. The van der Waals surface area contributed by atoms with Crippen LogP contribution < -0.4 is 4.90 Å². The van der Waals surface area contributed by atoms with Crippen LogP contribution in [0.2, 0.25) is 0 Å². The van der Waals surface area contributed by atoms with Gasteiger partial charge in [-0.05, 0) is 55.6 Å². The molecule has 2 aliphatic heterocycles. The van der Waals surface area contributed by atoms with Gasteiger partial charge >= 0.3 is 5.97 Å². The molecule has 2 saturated heterocycles. The van der Waals surface area contributed by atoms with E-state index in [9.17, 15) is 9.90 Å². The lowest BCUT2D eigenvalue weighted by molar-refractivity contribution is -0.145. The van der Waals surface area contributed by atoms with Crippen molar-refractivity contribution in [2.24, 2.45) is 11.8 Å². The number of carboxylic acid groups (broad SMARTS) is 1. The van der Waals surface area contributed by atoms with Gasteiger partial charge in [-0.2, -0.15) is 0 Å². The largest absolute Gasteiger partial charge is 0.480 e. The van der Waals surface area contributed by atoms with E-state index in [0.29, 0.717) is 17.9 Å². The molecule has 0 radical (unpaired) electrons. The van der Waals surface area contributed by atoms with Crippen molar-refractivity contribution in [3.8, 4) is 0 Å². The van der Waals surface area contributed by atoms with Crippen molar-refractivity contribution in [1.82, 2.24) is 19.8 Å². The van der Waals surface area contributed by atoms with Crippen molar-refractivity contribution in [1.29, 1.82) is 0 Å². The molecule has 2 aromatic rings. The molecule has 3 aliphatic rings. The molecule has 1 aliphatic carbocycles. The Balaban J connectivity index is 1.26. The van der Waals surface area contributed by atoms with Crippen molar-refractivity contribution in [3.63, 3.8) is 0 Å². The Labute approximate surface area is 228 Å². The molecule has 1 aromatic heterocycles. The fraction of sp³-hybridized carbons (Fsp3) is 0.645. The maximum Gasteiger partial charge on any atom is 0.321 e. The van der Waals surface area contributed by atoms with Crippen molar-refractivity contribution in [2.75, 3.05) is 44.2 Å². The second-order valence-electron chi connectivity index (χ2n) is 11.7. The highest BCUT2D eigenvalue weighted by molar-refractivity contribution is 5.74. The molecule has 0 spiro atoms. The molecule has 5 rings (SSSR count). The van der Waals surface area contributed by atoms with Crippen LogP contribution in [0.5, 0.6) is 0 Å². The van der Waals surface area contributed by atoms with E-state index in [4.69, 9.17) is 0 Å². The summed E-state index contributed by atoms with van der Waals surface area (Å²) in [6, 6.07) is 12.8. The number of rotatable bonds is 10. The predicted molar refractivity (Wildman–Crippen MR) is 151 cm³/mol. The third kappa shape index (κ3) is 6.37. The molecule has 38 heavy (non-hydrogen) atoms. The maximum absolute atomic E-state index is 12.5. The molecular weight excluding hydrogens is 474 g/mol. The van der Waals surface area contributed by atoms with Gasteiger partial charge in [0.25, 0.3) is 0 Å². The minimum atomic E-state index is -0.621. The van der Waals surface area contributed by atoms with E-state index in [-0.39, 0.29) is 12.0 Å². The molecule has 1 aromatic carbocycles. The van der Waals surface area contributed by atoms with Crippen LogP contribution in [0.4, 0.5) is 5.95 Å². The molecule has 1 saturated carbocycles. The van der Waals surface area contributed by atoms with Gasteiger partial charge in [0.15, 0.2) is 0 Å². The minimum absolute atomic E-state index is 0.289. The van der Waals surface area contributed by atoms with Crippen LogP contribution >= 0.6 is 0 Å². The fourth-order valence-electron chi connectivity index (χ4n) is 7.37. The van der Waals surface area contributed by atoms with E-state index in [1.54, 1.807) is 0 Å². The zero-order valence-corrected chi connectivity index (χ0v) is 23.0. The Morgan fingerprint density at radius 3 is 2.37 bits per heavy atom. The average Bonchev–Trinajstić information content (AvgIpc) is 3.36. The Kier molecular flexibility index (Phi) is 9.28. The summed E-state index contributed by atoms with van der Waals surface area (Å²) in [6.07, 6.45) is 12.7. The van der Waals surface area contributed by atoms with E-state index < -0.39 is 5.97 Å². The first-order valence-corrected chi connectivity index (χ1v) is 14.9. The van der Waals surface area contributed by atoms with E-state index >= 15 is 0 Å². The molecule has 206 valence electrons. The van der Waals surface area contributed by atoms with Crippen molar-refractivity contribution in [3.05, 3.63) is 54.4 Å². The first-order valence-electron chi connectivity index (χ1n) is 14.9. The summed E-state index contributed by atoms with van der Waals surface area (Å²) in [5.74, 6) is 1.35. The molecule has 0 bridgehead atoms. The van der Waals surface area contributed by atoms with Gasteiger partial charge in [-0.3, -0.25) is 9.69 Å². The van der Waals surface area contributed by atoms with Gasteiger partial charge < -0.3 is 14.9 Å². The van der Waals surface area contributed by atoms with Crippen LogP contribution in [0.15, 0.2) is 48.8 Å². The number of hydrogen-bond acceptors (Lipinski definition) is 6. The summed E-state index contributed by atoms with van der Waals surface area (Å²) >= 11 is 0. The lowest BCUT2D eigenvalue weighted by Crippen LogP contribution is -2.48.